The molecule has 176 valence electrons. The molecule has 1 aromatic heterocycles. The van der Waals surface area contributed by atoms with Crippen molar-refractivity contribution in [2.24, 2.45) is 0 Å². The number of fused-ring (bicyclic) bond motifs is 1. The quantitative estimate of drug-likeness (QED) is 0.476. The van der Waals surface area contributed by atoms with Crippen molar-refractivity contribution in [3.63, 3.8) is 0 Å². The Bertz CT molecular complexity index is 1260. The Kier molecular flexibility index (Phi) is 5.27. The van der Waals surface area contributed by atoms with Crippen LogP contribution in [0.3, 0.4) is 0 Å². The Labute approximate surface area is 190 Å². The van der Waals surface area contributed by atoms with E-state index in [1.165, 1.54) is 23.2 Å². The molecule has 2 aliphatic heterocycles. The van der Waals surface area contributed by atoms with Crippen molar-refractivity contribution < 1.29 is 36.2 Å². The van der Waals surface area contributed by atoms with Crippen LogP contribution in [0, 0.1) is 5.82 Å². The number of carbonyl (C=O) groups excluding carboxylic acids is 1. The zero-order valence-electron chi connectivity index (χ0n) is 17.5. The molecule has 0 N–H and O–H groups in total. The van der Waals surface area contributed by atoms with Crippen LogP contribution in [0.1, 0.15) is 21.5 Å². The standard InChI is InChI=1S/C24H17F5N2O3/c25-15-3-6-18(20(9-15)34-13-24(27,28)29)21-19-10-31(22(32)17(19)7-8-30-21)16-4-1-14(2-5-16)23(26)11-33-12-23/h1-9H,10-13H2. The summed E-state index contributed by atoms with van der Waals surface area (Å²) in [5.74, 6) is -1.44. The van der Waals surface area contributed by atoms with Crippen LogP contribution in [0.25, 0.3) is 11.3 Å². The molecule has 10 heteroatoms. The maximum atomic E-state index is 14.6. The lowest BCUT2D eigenvalue weighted by atomic mass is 9.94. The van der Waals surface area contributed by atoms with Crippen LogP contribution < -0.4 is 9.64 Å². The Morgan fingerprint density at radius 3 is 2.44 bits per heavy atom. The van der Waals surface area contributed by atoms with Crippen LogP contribution in [0.15, 0.2) is 54.7 Å². The van der Waals surface area contributed by atoms with Gasteiger partial charge in [-0.2, -0.15) is 13.2 Å². The Hall–Kier alpha value is -3.53. The third-order valence-electron chi connectivity index (χ3n) is 5.80. The molecule has 5 nitrogen and oxygen atoms in total. The van der Waals surface area contributed by atoms with Crippen molar-refractivity contribution in [1.29, 1.82) is 0 Å². The third-order valence-corrected chi connectivity index (χ3v) is 5.80. The van der Waals surface area contributed by atoms with E-state index in [0.29, 0.717) is 22.4 Å². The summed E-state index contributed by atoms with van der Waals surface area (Å²) in [6.45, 7) is -1.56. The SMILES string of the molecule is O=C1c2ccnc(-c3ccc(F)cc3OCC(F)(F)F)c2CN1c1ccc(C2(F)COC2)cc1. The molecule has 0 atom stereocenters. The average Bonchev–Trinajstić information content (AvgIpc) is 3.13. The lowest BCUT2D eigenvalue weighted by Gasteiger charge is -2.34. The zero-order valence-corrected chi connectivity index (χ0v) is 17.5. The summed E-state index contributed by atoms with van der Waals surface area (Å²) in [5, 5.41) is 0. The van der Waals surface area contributed by atoms with Crippen molar-refractivity contribution in [2.75, 3.05) is 24.7 Å². The van der Waals surface area contributed by atoms with Crippen molar-refractivity contribution >= 4 is 11.6 Å². The number of ether oxygens (including phenoxy) is 2. The van der Waals surface area contributed by atoms with Gasteiger partial charge in [0.05, 0.1) is 25.5 Å². The normalized spacial score (nSPS) is 16.9. The van der Waals surface area contributed by atoms with Gasteiger partial charge in [-0.05, 0) is 35.9 Å². The zero-order chi connectivity index (χ0) is 24.1. The number of hydrogen-bond donors (Lipinski definition) is 0. The van der Waals surface area contributed by atoms with Gasteiger partial charge in [0.1, 0.15) is 11.6 Å². The minimum Gasteiger partial charge on any atom is -0.483 e. The second kappa shape index (κ2) is 8.05. The number of carbonyl (C=O) groups is 1. The maximum Gasteiger partial charge on any atom is 0.422 e. The van der Waals surface area contributed by atoms with Crippen molar-refractivity contribution in [2.45, 2.75) is 18.4 Å². The van der Waals surface area contributed by atoms with Crippen LogP contribution in [0.5, 0.6) is 5.75 Å². The van der Waals surface area contributed by atoms with Gasteiger partial charge >= 0.3 is 6.18 Å². The number of anilines is 1. The summed E-state index contributed by atoms with van der Waals surface area (Å²) >= 11 is 0. The largest absolute Gasteiger partial charge is 0.483 e. The molecule has 0 spiro atoms. The van der Waals surface area contributed by atoms with Crippen molar-refractivity contribution in [3.05, 3.63) is 77.2 Å². The van der Waals surface area contributed by atoms with Gasteiger partial charge in [0, 0.05) is 34.6 Å². The molecule has 0 saturated carbocycles. The van der Waals surface area contributed by atoms with Crippen LogP contribution in [0.4, 0.5) is 27.6 Å². The molecule has 1 saturated heterocycles. The van der Waals surface area contributed by atoms with Crippen LogP contribution in [-0.2, 0) is 17.0 Å². The van der Waals surface area contributed by atoms with E-state index in [1.807, 2.05) is 0 Å². The Morgan fingerprint density at radius 1 is 1.06 bits per heavy atom. The third kappa shape index (κ3) is 3.98. The second-order valence-corrected chi connectivity index (χ2v) is 8.13. The van der Waals surface area contributed by atoms with E-state index >= 15 is 0 Å². The maximum absolute atomic E-state index is 14.6. The van der Waals surface area contributed by atoms with Gasteiger partial charge in [0.15, 0.2) is 12.3 Å². The highest BCUT2D eigenvalue weighted by Crippen LogP contribution is 2.39. The molecule has 0 radical (unpaired) electrons. The molecule has 0 bridgehead atoms. The number of benzene rings is 2. The first kappa shape index (κ1) is 22.3. The summed E-state index contributed by atoms with van der Waals surface area (Å²) < 4.78 is 76.2. The fourth-order valence-electron chi connectivity index (χ4n) is 4.03. The molecule has 5 rings (SSSR count). The van der Waals surface area contributed by atoms with Crippen molar-refractivity contribution in [3.8, 4) is 17.0 Å². The van der Waals surface area contributed by atoms with E-state index in [2.05, 4.69) is 4.98 Å². The predicted octanol–water partition coefficient (Wildman–Crippen LogP) is 5.18. The summed E-state index contributed by atoms with van der Waals surface area (Å²) in [4.78, 5) is 18.8. The van der Waals surface area contributed by atoms with Crippen LogP contribution in [0.2, 0.25) is 0 Å². The lowest BCUT2D eigenvalue weighted by molar-refractivity contribution is -0.153. The number of amides is 1. The van der Waals surface area contributed by atoms with Crippen LogP contribution in [-0.4, -0.2) is 36.9 Å². The highest BCUT2D eigenvalue weighted by atomic mass is 19.4. The number of rotatable bonds is 5. The highest BCUT2D eigenvalue weighted by molar-refractivity contribution is 6.11. The fraction of sp³-hybridized carbons (Fsp3) is 0.250. The van der Waals surface area contributed by atoms with E-state index in [4.69, 9.17) is 9.47 Å². The first-order chi connectivity index (χ1) is 16.1. The summed E-state index contributed by atoms with van der Waals surface area (Å²) in [6, 6.07) is 11.2. The molecule has 3 aromatic rings. The van der Waals surface area contributed by atoms with Gasteiger partial charge in [-0.1, -0.05) is 12.1 Å². The lowest BCUT2D eigenvalue weighted by Crippen LogP contribution is -2.42. The number of halogens is 5. The monoisotopic (exact) mass is 476 g/mol. The molecule has 0 unspecified atom stereocenters. The number of hydrogen-bond acceptors (Lipinski definition) is 4. The number of nitrogens with zero attached hydrogens (tertiary/aromatic N) is 2. The molecule has 2 aliphatic rings. The summed E-state index contributed by atoms with van der Waals surface area (Å²) in [5.41, 5.74) is 0.569. The minimum absolute atomic E-state index is 0.0219. The van der Waals surface area contributed by atoms with E-state index in [-0.39, 0.29) is 42.7 Å². The van der Waals surface area contributed by atoms with E-state index in [1.54, 1.807) is 24.3 Å². The fourth-order valence-corrected chi connectivity index (χ4v) is 4.03. The Balaban J connectivity index is 1.47. The summed E-state index contributed by atoms with van der Waals surface area (Å²) in [6.07, 6.45) is -3.25. The van der Waals surface area contributed by atoms with Gasteiger partial charge in [-0.15, -0.1) is 0 Å². The molecule has 1 fully saturated rings. The van der Waals surface area contributed by atoms with E-state index in [0.717, 1.165) is 12.1 Å². The van der Waals surface area contributed by atoms with E-state index < -0.39 is 24.3 Å². The minimum atomic E-state index is -4.61. The molecular weight excluding hydrogens is 459 g/mol. The second-order valence-electron chi connectivity index (χ2n) is 8.13. The predicted molar refractivity (Wildman–Crippen MR) is 112 cm³/mol. The first-order valence-electron chi connectivity index (χ1n) is 10.3. The molecule has 2 aromatic carbocycles. The summed E-state index contributed by atoms with van der Waals surface area (Å²) in [7, 11) is 0. The number of aromatic nitrogens is 1. The number of alkyl halides is 4. The number of pyridine rings is 1. The molecule has 3 heterocycles. The topological polar surface area (TPSA) is 51.7 Å². The van der Waals surface area contributed by atoms with Gasteiger partial charge in [0.25, 0.3) is 5.91 Å². The molecular formula is C24H17F5N2O3. The molecule has 0 aliphatic carbocycles. The Morgan fingerprint density at radius 2 is 1.79 bits per heavy atom. The van der Waals surface area contributed by atoms with Gasteiger partial charge in [0.2, 0.25) is 0 Å². The van der Waals surface area contributed by atoms with E-state index in [9.17, 15) is 26.7 Å². The smallest absolute Gasteiger partial charge is 0.422 e. The van der Waals surface area contributed by atoms with Gasteiger partial charge in [-0.3, -0.25) is 9.78 Å². The highest BCUT2D eigenvalue weighted by Gasteiger charge is 2.41. The van der Waals surface area contributed by atoms with Gasteiger partial charge in [-0.25, -0.2) is 8.78 Å². The first-order valence-corrected chi connectivity index (χ1v) is 10.3. The molecule has 1 amide bonds. The van der Waals surface area contributed by atoms with Crippen LogP contribution >= 0.6 is 0 Å². The molecule has 34 heavy (non-hydrogen) atoms. The average molecular weight is 476 g/mol. The van der Waals surface area contributed by atoms with Gasteiger partial charge < -0.3 is 14.4 Å². The van der Waals surface area contributed by atoms with Crippen molar-refractivity contribution in [1.82, 2.24) is 4.98 Å².